The van der Waals surface area contributed by atoms with Gasteiger partial charge in [0.2, 0.25) is 11.9 Å². The molecular weight excluding hydrogens is 571 g/mol. The summed E-state index contributed by atoms with van der Waals surface area (Å²) in [5, 5.41) is 20.4. The molecule has 3 N–H and O–H groups in total. The molecule has 0 spiro atoms. The summed E-state index contributed by atoms with van der Waals surface area (Å²) in [6, 6.07) is 0.981. The van der Waals surface area contributed by atoms with Gasteiger partial charge in [-0.2, -0.15) is 5.10 Å². The van der Waals surface area contributed by atoms with Crippen molar-refractivity contribution in [1.29, 1.82) is 0 Å². The van der Waals surface area contributed by atoms with Gasteiger partial charge in [-0.1, -0.05) is 0 Å². The molecule has 0 radical (unpaired) electrons. The summed E-state index contributed by atoms with van der Waals surface area (Å²) in [4.78, 5) is 26.8. The third-order valence-electron chi connectivity index (χ3n) is 7.90. The van der Waals surface area contributed by atoms with Crippen molar-refractivity contribution in [1.82, 2.24) is 29.9 Å². The maximum Gasteiger partial charge on any atom is 0.282 e. The smallest absolute Gasteiger partial charge is 0.282 e. The highest BCUT2D eigenvalue weighted by Gasteiger charge is 2.61. The number of halogens is 5. The van der Waals surface area contributed by atoms with Crippen molar-refractivity contribution in [3.8, 4) is 0 Å². The second kappa shape index (κ2) is 10.4. The highest BCUT2D eigenvalue weighted by atomic mass is 32.1. The maximum atomic E-state index is 13.6. The van der Waals surface area contributed by atoms with E-state index >= 15 is 0 Å². The Morgan fingerprint density at radius 2 is 2.02 bits per heavy atom. The van der Waals surface area contributed by atoms with Crippen LogP contribution in [-0.4, -0.2) is 55.0 Å². The van der Waals surface area contributed by atoms with E-state index in [2.05, 4.69) is 31.2 Å². The molecule has 6 rings (SSSR count). The molecule has 0 bridgehead atoms. The number of alkyl halides is 5. The number of aryl methyl sites for hydroxylation is 2. The van der Waals surface area contributed by atoms with Gasteiger partial charge < -0.3 is 16.0 Å². The van der Waals surface area contributed by atoms with Crippen molar-refractivity contribution in [3.63, 3.8) is 0 Å². The molecular formula is C25H27F5N8O2S. The molecule has 3 heterocycles. The number of fused-ring (bicyclic) bond motifs is 1. The normalized spacial score (nSPS) is 24.5. The van der Waals surface area contributed by atoms with Gasteiger partial charge in [0.15, 0.2) is 0 Å². The van der Waals surface area contributed by atoms with Crippen molar-refractivity contribution >= 4 is 39.9 Å². The number of carbonyl (C=O) groups excluding carboxylic acids is 2. The average molecular weight is 599 g/mol. The molecule has 0 unspecified atom stereocenters. The Morgan fingerprint density at radius 3 is 2.68 bits per heavy atom. The summed E-state index contributed by atoms with van der Waals surface area (Å²) >= 11 is 1.20. The fraction of sp³-hybridized carbons (Fsp3) is 0.560. The van der Waals surface area contributed by atoms with Gasteiger partial charge in [0, 0.05) is 37.0 Å². The fourth-order valence-electron chi connectivity index (χ4n) is 5.40. The first-order chi connectivity index (χ1) is 19.5. The van der Waals surface area contributed by atoms with Crippen LogP contribution >= 0.6 is 11.3 Å². The summed E-state index contributed by atoms with van der Waals surface area (Å²) in [7, 11) is 1.52. The minimum Gasteiger partial charge on any atom is -0.352 e. The van der Waals surface area contributed by atoms with E-state index in [-0.39, 0.29) is 40.6 Å². The van der Waals surface area contributed by atoms with E-state index in [1.807, 2.05) is 0 Å². The summed E-state index contributed by atoms with van der Waals surface area (Å²) in [6.45, 7) is 0.270. The maximum absolute atomic E-state index is 13.6. The third-order valence-corrected chi connectivity index (χ3v) is 9.11. The number of amides is 2. The van der Waals surface area contributed by atoms with Crippen molar-refractivity contribution in [2.24, 2.45) is 18.9 Å². The lowest BCUT2D eigenvalue weighted by atomic mass is 9.83. The van der Waals surface area contributed by atoms with E-state index in [4.69, 9.17) is 0 Å². The molecule has 0 aromatic carbocycles. The average Bonchev–Trinajstić information content (AvgIpc) is 3.27. The van der Waals surface area contributed by atoms with Crippen LogP contribution in [-0.2, 0) is 24.7 Å². The van der Waals surface area contributed by atoms with Crippen molar-refractivity contribution in [2.45, 2.75) is 63.1 Å². The molecule has 16 heteroatoms. The fourth-order valence-corrected chi connectivity index (χ4v) is 6.65. The lowest BCUT2D eigenvalue weighted by molar-refractivity contribution is -0.119. The Morgan fingerprint density at radius 1 is 1.27 bits per heavy atom. The molecule has 3 aromatic rings. The Kier molecular flexibility index (Phi) is 6.98. The predicted molar refractivity (Wildman–Crippen MR) is 138 cm³/mol. The van der Waals surface area contributed by atoms with E-state index in [1.54, 1.807) is 4.57 Å². The third kappa shape index (κ3) is 5.40. The van der Waals surface area contributed by atoms with Crippen LogP contribution in [0.15, 0.2) is 12.4 Å². The molecule has 3 aliphatic carbocycles. The topological polar surface area (TPSA) is 119 Å². The Hall–Kier alpha value is -3.56. The van der Waals surface area contributed by atoms with Crippen LogP contribution in [0.1, 0.15) is 64.6 Å². The number of carbonyl (C=O) groups is 2. The number of nitrogens with zero attached hydrogens (tertiary/aromatic N) is 5. The van der Waals surface area contributed by atoms with Crippen LogP contribution in [0.4, 0.5) is 38.7 Å². The number of hydrogen-bond acceptors (Lipinski definition) is 7. The zero-order valence-electron chi connectivity index (χ0n) is 21.8. The number of hydrogen-bond donors (Lipinski definition) is 3. The minimum atomic E-state index is -3.05. The van der Waals surface area contributed by atoms with Crippen molar-refractivity contribution < 1.29 is 31.5 Å². The first-order valence-electron chi connectivity index (χ1n) is 13.2. The van der Waals surface area contributed by atoms with Crippen molar-refractivity contribution in [2.75, 3.05) is 17.2 Å². The number of thiophene rings is 1. The van der Waals surface area contributed by atoms with Crippen LogP contribution in [0, 0.1) is 11.8 Å². The molecule has 2 saturated carbocycles. The highest BCUT2D eigenvalue weighted by molar-refractivity contribution is 7.17. The van der Waals surface area contributed by atoms with Gasteiger partial charge in [0.05, 0.1) is 5.56 Å². The van der Waals surface area contributed by atoms with Crippen LogP contribution in [0.5, 0.6) is 0 Å². The highest BCUT2D eigenvalue weighted by Crippen LogP contribution is 2.50. The van der Waals surface area contributed by atoms with Gasteiger partial charge >= 0.3 is 0 Å². The van der Waals surface area contributed by atoms with E-state index in [0.717, 1.165) is 4.88 Å². The van der Waals surface area contributed by atoms with E-state index in [9.17, 15) is 31.5 Å². The second-order valence-electron chi connectivity index (χ2n) is 10.8. The van der Waals surface area contributed by atoms with Gasteiger partial charge in [0.1, 0.15) is 34.9 Å². The Labute approximate surface area is 234 Å². The predicted octanol–water partition coefficient (Wildman–Crippen LogP) is 4.56. The molecule has 41 heavy (non-hydrogen) atoms. The SMILES string of the molecule is Cn1nc(C(F)F)cc1Nc1nncn1[C@H]1CCc2sc(NC(=O)[C@H]3CC3(F)F)c(C(=O)NC[C@H]3C[C@H](F)C3)c2C1. The molecule has 2 fully saturated rings. The lowest BCUT2D eigenvalue weighted by Gasteiger charge is -2.29. The number of rotatable bonds is 9. The molecule has 10 nitrogen and oxygen atoms in total. The van der Waals surface area contributed by atoms with Gasteiger partial charge in [-0.05, 0) is 43.6 Å². The summed E-state index contributed by atoms with van der Waals surface area (Å²) in [5.41, 5.74) is 0.512. The standard InChI is InChI=1S/C25H27F5N8O2S/c1-37-18(7-16(36-37)20(27)28)33-24-35-32-10-38(24)13-2-3-17-14(6-13)19(22(40)31-9-11-4-12(26)5-11)23(41-17)34-21(39)15-8-25(15,29)30/h7,10-13,15,20H,2-6,8-9H2,1H3,(H,31,40)(H,33,35)(H,34,39)/t11-,12-,13-,15+/m0/s1. The largest absolute Gasteiger partial charge is 0.352 e. The number of anilines is 3. The Bertz CT molecular complexity index is 1480. The zero-order chi connectivity index (χ0) is 29.1. The summed E-state index contributed by atoms with van der Waals surface area (Å²) < 4.78 is 69.6. The number of aromatic nitrogens is 5. The van der Waals surface area contributed by atoms with E-state index in [0.29, 0.717) is 43.6 Å². The van der Waals surface area contributed by atoms with E-state index < -0.39 is 42.7 Å². The van der Waals surface area contributed by atoms with Crippen LogP contribution < -0.4 is 16.0 Å². The zero-order valence-corrected chi connectivity index (χ0v) is 22.7. The lowest BCUT2D eigenvalue weighted by Crippen LogP contribution is -2.37. The molecule has 3 aliphatic rings. The van der Waals surface area contributed by atoms with Crippen LogP contribution in [0.25, 0.3) is 0 Å². The monoisotopic (exact) mass is 598 g/mol. The van der Waals surface area contributed by atoms with Crippen LogP contribution in [0.3, 0.4) is 0 Å². The molecule has 2 atom stereocenters. The molecule has 220 valence electrons. The quantitative estimate of drug-likeness (QED) is 0.311. The summed E-state index contributed by atoms with van der Waals surface area (Å²) in [6.07, 6.45) is -0.421. The van der Waals surface area contributed by atoms with Crippen LogP contribution in [0.2, 0.25) is 0 Å². The number of nitrogens with one attached hydrogen (secondary N) is 3. The molecule has 0 aliphatic heterocycles. The van der Waals surface area contributed by atoms with Crippen molar-refractivity contribution in [3.05, 3.63) is 34.1 Å². The van der Waals surface area contributed by atoms with Gasteiger partial charge in [0.25, 0.3) is 18.3 Å². The van der Waals surface area contributed by atoms with E-state index in [1.165, 1.54) is 35.5 Å². The minimum absolute atomic E-state index is 0.0163. The Balaban J connectivity index is 1.25. The molecule has 0 saturated heterocycles. The molecule has 2 amide bonds. The first-order valence-corrected chi connectivity index (χ1v) is 14.1. The van der Waals surface area contributed by atoms with Gasteiger partial charge in [-0.3, -0.25) is 18.8 Å². The van der Waals surface area contributed by atoms with Gasteiger partial charge in [-0.15, -0.1) is 21.5 Å². The summed E-state index contributed by atoms with van der Waals surface area (Å²) in [5.74, 6) is -5.17. The molecule has 3 aromatic heterocycles. The first kappa shape index (κ1) is 27.6. The second-order valence-corrected chi connectivity index (χ2v) is 11.9. The van der Waals surface area contributed by atoms with Gasteiger partial charge in [-0.25, -0.2) is 22.0 Å².